The van der Waals surface area contributed by atoms with Gasteiger partial charge in [-0.25, -0.2) is 14.6 Å². The van der Waals surface area contributed by atoms with Crippen molar-refractivity contribution in [3.63, 3.8) is 0 Å². The van der Waals surface area contributed by atoms with Crippen LogP contribution in [-0.4, -0.2) is 44.5 Å². The highest BCUT2D eigenvalue weighted by molar-refractivity contribution is 6.45. The number of nitrogens with zero attached hydrogens (tertiary/aromatic N) is 3. The van der Waals surface area contributed by atoms with Crippen molar-refractivity contribution in [1.82, 2.24) is 14.4 Å². The fourth-order valence-corrected chi connectivity index (χ4v) is 4.76. The normalized spacial score (nSPS) is 15.6. The number of fused-ring (bicyclic) bond motifs is 1. The first-order chi connectivity index (χ1) is 15.8. The maximum Gasteiger partial charge on any atom is 0.335 e. The van der Waals surface area contributed by atoms with Crippen molar-refractivity contribution < 1.29 is 23.6 Å². The molecule has 0 atom stereocenters. The lowest BCUT2D eigenvalue weighted by Gasteiger charge is -2.14. The number of ketones is 1. The van der Waals surface area contributed by atoms with Crippen molar-refractivity contribution in [2.45, 2.75) is 39.7 Å². The number of aromatic nitrogens is 1. The van der Waals surface area contributed by atoms with Crippen LogP contribution in [0.3, 0.4) is 0 Å². The van der Waals surface area contributed by atoms with Gasteiger partial charge in [0.15, 0.2) is 5.78 Å². The average Bonchev–Trinajstić information content (AvgIpc) is 3.56. The van der Waals surface area contributed by atoms with E-state index in [4.69, 9.17) is 4.42 Å². The molecule has 0 N–H and O–H groups in total. The van der Waals surface area contributed by atoms with Crippen molar-refractivity contribution in [1.29, 1.82) is 0 Å². The lowest BCUT2D eigenvalue weighted by Crippen LogP contribution is -2.37. The Morgan fingerprint density at radius 1 is 0.970 bits per heavy atom. The Morgan fingerprint density at radius 3 is 2.48 bits per heavy atom. The number of benzene rings is 1. The molecular weight excluding hydrogens is 422 g/mol. The lowest BCUT2D eigenvalue weighted by molar-refractivity contribution is -0.143. The van der Waals surface area contributed by atoms with E-state index >= 15 is 0 Å². The number of hydrogen-bond acceptors (Lipinski definition) is 5. The van der Waals surface area contributed by atoms with Gasteiger partial charge < -0.3 is 8.98 Å². The van der Waals surface area contributed by atoms with Crippen LogP contribution in [0, 0.1) is 13.8 Å². The van der Waals surface area contributed by atoms with Gasteiger partial charge in [-0.2, -0.15) is 0 Å². The summed E-state index contributed by atoms with van der Waals surface area (Å²) in [7, 11) is 0. The molecule has 2 aliphatic rings. The van der Waals surface area contributed by atoms with E-state index in [-0.39, 0.29) is 6.54 Å². The van der Waals surface area contributed by atoms with Crippen LogP contribution < -0.4 is 0 Å². The molecule has 33 heavy (non-hydrogen) atoms. The van der Waals surface area contributed by atoms with Crippen molar-refractivity contribution >= 4 is 23.6 Å². The quantitative estimate of drug-likeness (QED) is 0.330. The minimum absolute atomic E-state index is 0.159. The maximum atomic E-state index is 13.1. The molecule has 0 spiro atoms. The molecule has 3 heterocycles. The highest BCUT2D eigenvalue weighted by Crippen LogP contribution is 2.28. The molecule has 1 aliphatic carbocycles. The lowest BCUT2D eigenvalue weighted by atomic mass is 10.1. The van der Waals surface area contributed by atoms with Crippen LogP contribution in [0.5, 0.6) is 0 Å². The molecule has 8 heteroatoms. The molecule has 1 saturated heterocycles. The summed E-state index contributed by atoms with van der Waals surface area (Å²) in [6.07, 6.45) is 4.71. The first-order valence-electron chi connectivity index (χ1n) is 10.9. The number of urea groups is 1. The van der Waals surface area contributed by atoms with E-state index in [0.717, 1.165) is 41.2 Å². The summed E-state index contributed by atoms with van der Waals surface area (Å²) in [5.41, 5.74) is 5.71. The number of furan rings is 1. The van der Waals surface area contributed by atoms with Crippen molar-refractivity contribution in [2.24, 2.45) is 0 Å². The van der Waals surface area contributed by atoms with Crippen LogP contribution >= 0.6 is 0 Å². The predicted octanol–water partition coefficient (Wildman–Crippen LogP) is 3.35. The Labute approximate surface area is 190 Å². The molecule has 5 rings (SSSR count). The van der Waals surface area contributed by atoms with Gasteiger partial charge in [-0.3, -0.25) is 14.4 Å². The second kappa shape index (κ2) is 7.88. The van der Waals surface area contributed by atoms with Gasteiger partial charge in [-0.1, -0.05) is 6.07 Å². The van der Waals surface area contributed by atoms with E-state index in [2.05, 4.69) is 18.2 Å². The molecule has 1 fully saturated rings. The van der Waals surface area contributed by atoms with E-state index in [1.165, 1.54) is 17.4 Å². The largest absolute Gasteiger partial charge is 0.467 e. The second-order valence-electron chi connectivity index (χ2n) is 8.49. The summed E-state index contributed by atoms with van der Waals surface area (Å²) >= 11 is 0. The van der Waals surface area contributed by atoms with Crippen LogP contribution in [0.1, 0.15) is 45.1 Å². The molecule has 168 valence electrons. The molecule has 0 radical (unpaired) electrons. The Morgan fingerprint density at radius 2 is 1.73 bits per heavy atom. The van der Waals surface area contributed by atoms with Crippen LogP contribution in [0.4, 0.5) is 4.79 Å². The molecule has 1 aliphatic heterocycles. The zero-order valence-electron chi connectivity index (χ0n) is 18.5. The first-order valence-corrected chi connectivity index (χ1v) is 10.9. The summed E-state index contributed by atoms with van der Waals surface area (Å²) in [5.74, 6) is -2.00. The van der Waals surface area contributed by atoms with Crippen LogP contribution in [0.2, 0.25) is 0 Å². The summed E-state index contributed by atoms with van der Waals surface area (Å²) in [6.45, 7) is 3.10. The molecule has 4 amide bonds. The summed E-state index contributed by atoms with van der Waals surface area (Å²) in [6, 6.07) is 10.5. The molecule has 3 aromatic rings. The smallest absolute Gasteiger partial charge is 0.335 e. The zero-order chi connectivity index (χ0) is 23.3. The summed E-state index contributed by atoms with van der Waals surface area (Å²) < 4.78 is 7.18. The fraction of sp³-hybridized carbons (Fsp3) is 0.280. The maximum absolute atomic E-state index is 13.1. The van der Waals surface area contributed by atoms with Gasteiger partial charge in [0.1, 0.15) is 5.76 Å². The van der Waals surface area contributed by atoms with Gasteiger partial charge in [0, 0.05) is 22.6 Å². The highest BCUT2D eigenvalue weighted by Gasteiger charge is 2.45. The number of aryl methyl sites for hydroxylation is 3. The predicted molar refractivity (Wildman–Crippen MR) is 118 cm³/mol. The van der Waals surface area contributed by atoms with Crippen LogP contribution in [0.25, 0.3) is 5.69 Å². The van der Waals surface area contributed by atoms with E-state index < -0.39 is 30.2 Å². The van der Waals surface area contributed by atoms with Gasteiger partial charge in [0.05, 0.1) is 19.4 Å². The van der Waals surface area contributed by atoms with Crippen molar-refractivity contribution in [3.05, 3.63) is 76.5 Å². The van der Waals surface area contributed by atoms with Gasteiger partial charge in [0.25, 0.3) is 0 Å². The molecule has 1 aromatic carbocycles. The van der Waals surface area contributed by atoms with E-state index in [9.17, 15) is 19.2 Å². The number of Topliss-reactive ketones (excluding diaryl/α,β-unsaturated/α-hetero) is 1. The average molecular weight is 445 g/mol. The van der Waals surface area contributed by atoms with Gasteiger partial charge in [0.2, 0.25) is 0 Å². The molecule has 0 bridgehead atoms. The summed E-state index contributed by atoms with van der Waals surface area (Å²) in [5, 5.41) is 0. The fourth-order valence-electron chi connectivity index (χ4n) is 4.76. The Hall–Kier alpha value is -3.94. The van der Waals surface area contributed by atoms with E-state index in [0.29, 0.717) is 16.2 Å². The minimum Gasteiger partial charge on any atom is -0.467 e. The van der Waals surface area contributed by atoms with Crippen molar-refractivity contribution in [3.8, 4) is 5.69 Å². The Kier molecular flexibility index (Phi) is 5.00. The number of hydrogen-bond donors (Lipinski definition) is 0. The van der Waals surface area contributed by atoms with Gasteiger partial charge in [-0.15, -0.1) is 0 Å². The highest BCUT2D eigenvalue weighted by atomic mass is 16.3. The monoisotopic (exact) mass is 445 g/mol. The third kappa shape index (κ3) is 3.47. The minimum atomic E-state index is -1.01. The molecule has 0 unspecified atom stereocenters. The molecular formula is C25H23N3O5. The van der Waals surface area contributed by atoms with Crippen molar-refractivity contribution in [2.75, 3.05) is 6.54 Å². The first kappa shape index (κ1) is 20.9. The SMILES string of the molecule is Cc1cc(C(=O)CN2C(=O)C(=O)N(Cc3ccco3)C2=O)c(C)n1-c1ccc2c(c1)CCC2. The third-order valence-corrected chi connectivity index (χ3v) is 6.40. The number of imide groups is 2. The second-order valence-corrected chi connectivity index (χ2v) is 8.49. The van der Waals surface area contributed by atoms with E-state index in [1.807, 2.05) is 18.4 Å². The molecule has 8 nitrogen and oxygen atoms in total. The standard InChI is InChI=1S/C25H23N3O5/c1-15-11-21(16(2)28(15)19-9-8-17-5-3-6-18(17)12-19)22(29)14-27-24(31)23(30)26(25(27)32)13-20-7-4-10-33-20/h4,7-12H,3,5-6,13-14H2,1-2H3. The number of carbonyl (C=O) groups is 4. The topological polar surface area (TPSA) is 92.8 Å². The van der Waals surface area contributed by atoms with Gasteiger partial charge in [-0.05, 0) is 74.6 Å². The molecule has 0 saturated carbocycles. The zero-order valence-corrected chi connectivity index (χ0v) is 18.5. The molecule has 2 aromatic heterocycles. The number of carbonyl (C=O) groups excluding carboxylic acids is 4. The van der Waals surface area contributed by atoms with Crippen LogP contribution in [-0.2, 0) is 29.0 Å². The van der Waals surface area contributed by atoms with Crippen LogP contribution in [0.15, 0.2) is 47.1 Å². The Bertz CT molecular complexity index is 1300. The van der Waals surface area contributed by atoms with E-state index in [1.54, 1.807) is 18.2 Å². The number of rotatable bonds is 6. The third-order valence-electron chi connectivity index (χ3n) is 6.40. The Balaban J connectivity index is 1.38. The number of amides is 4. The van der Waals surface area contributed by atoms with Gasteiger partial charge >= 0.3 is 17.8 Å². The summed E-state index contributed by atoms with van der Waals surface area (Å²) in [4.78, 5) is 52.1.